The first-order valence-electron chi connectivity index (χ1n) is 10.6. The molecule has 1 aromatic rings. The normalized spacial score (nSPS) is 22.1. The number of amides is 2. The van der Waals surface area contributed by atoms with Gasteiger partial charge in [0, 0.05) is 44.8 Å². The van der Waals surface area contributed by atoms with Gasteiger partial charge in [0.2, 0.25) is 5.91 Å². The van der Waals surface area contributed by atoms with Crippen LogP contribution in [0.2, 0.25) is 0 Å². The van der Waals surface area contributed by atoms with Crippen molar-refractivity contribution in [3.8, 4) is 0 Å². The summed E-state index contributed by atoms with van der Waals surface area (Å²) in [5.41, 5.74) is 2.44. The van der Waals surface area contributed by atoms with Crippen molar-refractivity contribution >= 4 is 23.2 Å². The fourth-order valence-electron chi connectivity index (χ4n) is 4.47. The molecule has 2 saturated heterocycles. The summed E-state index contributed by atoms with van der Waals surface area (Å²) < 4.78 is 5.35. The van der Waals surface area contributed by atoms with Crippen molar-refractivity contribution in [2.24, 2.45) is 0 Å². The lowest BCUT2D eigenvalue weighted by Crippen LogP contribution is -2.55. The number of anilines is 2. The van der Waals surface area contributed by atoms with Gasteiger partial charge in [-0.2, -0.15) is 0 Å². The first-order chi connectivity index (χ1) is 14.2. The zero-order chi connectivity index (χ0) is 20.2. The van der Waals surface area contributed by atoms with Crippen LogP contribution in [0, 0.1) is 0 Å². The van der Waals surface area contributed by atoms with Crippen LogP contribution in [0.15, 0.2) is 30.9 Å². The van der Waals surface area contributed by atoms with Gasteiger partial charge in [0.25, 0.3) is 5.91 Å². The molecule has 1 N–H and O–H groups in total. The predicted octanol–water partition coefficient (Wildman–Crippen LogP) is 1.64. The highest BCUT2D eigenvalue weighted by atomic mass is 16.5. The third-order valence-electron chi connectivity index (χ3n) is 6.02. The van der Waals surface area contributed by atoms with Gasteiger partial charge in [-0.1, -0.05) is 6.08 Å². The summed E-state index contributed by atoms with van der Waals surface area (Å²) in [5.74, 6) is 0.00908. The number of nitrogens with zero attached hydrogens (tertiary/aromatic N) is 3. The minimum atomic E-state index is -0.104. The van der Waals surface area contributed by atoms with Gasteiger partial charge >= 0.3 is 0 Å². The zero-order valence-corrected chi connectivity index (χ0v) is 16.9. The molecule has 0 aliphatic carbocycles. The zero-order valence-electron chi connectivity index (χ0n) is 16.9. The fraction of sp³-hybridized carbons (Fsp3) is 0.545. The number of morpholine rings is 1. The molecule has 0 saturated carbocycles. The minimum Gasteiger partial charge on any atom is -0.379 e. The maximum Gasteiger partial charge on any atom is 0.251 e. The SMILES string of the molecule is C=CCN1C(=O)C2CCCCN2c2ccc(C(=O)NCCN3CCOCC3)cc21. The number of ether oxygens (including phenoxy) is 1. The summed E-state index contributed by atoms with van der Waals surface area (Å²) in [7, 11) is 0. The lowest BCUT2D eigenvalue weighted by Gasteiger charge is -2.45. The largest absolute Gasteiger partial charge is 0.379 e. The van der Waals surface area contributed by atoms with Crippen molar-refractivity contribution in [2.75, 3.05) is 62.3 Å². The molecule has 7 heteroatoms. The molecule has 3 aliphatic rings. The number of hydrogen-bond donors (Lipinski definition) is 1. The molecule has 0 spiro atoms. The summed E-state index contributed by atoms with van der Waals surface area (Å²) in [4.78, 5) is 32.0. The number of fused-ring (bicyclic) bond motifs is 3. The Morgan fingerprint density at radius 2 is 2.03 bits per heavy atom. The van der Waals surface area contributed by atoms with Crippen LogP contribution in [0.3, 0.4) is 0 Å². The van der Waals surface area contributed by atoms with Crippen LogP contribution in [0.25, 0.3) is 0 Å². The van der Waals surface area contributed by atoms with Gasteiger partial charge in [-0.25, -0.2) is 0 Å². The van der Waals surface area contributed by atoms with Crippen molar-refractivity contribution in [3.05, 3.63) is 36.4 Å². The van der Waals surface area contributed by atoms with Crippen LogP contribution in [-0.4, -0.2) is 75.2 Å². The Hall–Kier alpha value is -2.38. The second-order valence-electron chi connectivity index (χ2n) is 7.86. The van der Waals surface area contributed by atoms with E-state index in [0.717, 1.165) is 70.0 Å². The van der Waals surface area contributed by atoms with Gasteiger partial charge in [-0.3, -0.25) is 14.5 Å². The number of nitrogens with one attached hydrogen (secondary N) is 1. The molecule has 7 nitrogen and oxygen atoms in total. The van der Waals surface area contributed by atoms with Crippen LogP contribution < -0.4 is 15.1 Å². The van der Waals surface area contributed by atoms with Gasteiger partial charge in [0.15, 0.2) is 0 Å². The molecule has 2 amide bonds. The van der Waals surface area contributed by atoms with E-state index in [2.05, 4.69) is 21.7 Å². The summed E-state index contributed by atoms with van der Waals surface area (Å²) in [5, 5.41) is 3.01. The second-order valence-corrected chi connectivity index (χ2v) is 7.86. The Bertz CT molecular complexity index is 775. The van der Waals surface area contributed by atoms with Gasteiger partial charge in [0.1, 0.15) is 6.04 Å². The molecule has 0 radical (unpaired) electrons. The summed E-state index contributed by atoms with van der Waals surface area (Å²) in [6.07, 6.45) is 4.80. The Morgan fingerprint density at radius 1 is 1.21 bits per heavy atom. The number of hydrogen-bond acceptors (Lipinski definition) is 5. The summed E-state index contributed by atoms with van der Waals surface area (Å²) >= 11 is 0. The molecule has 4 rings (SSSR count). The molecule has 3 heterocycles. The van der Waals surface area contributed by atoms with Crippen molar-refractivity contribution in [3.63, 3.8) is 0 Å². The Labute approximate surface area is 172 Å². The van der Waals surface area contributed by atoms with E-state index in [1.807, 2.05) is 18.2 Å². The highest BCUT2D eigenvalue weighted by molar-refractivity contribution is 6.07. The molecule has 1 atom stereocenters. The van der Waals surface area contributed by atoms with E-state index in [0.29, 0.717) is 18.7 Å². The smallest absolute Gasteiger partial charge is 0.251 e. The highest BCUT2D eigenvalue weighted by Gasteiger charge is 2.39. The van der Waals surface area contributed by atoms with E-state index in [9.17, 15) is 9.59 Å². The molecule has 156 valence electrons. The maximum atomic E-state index is 13.1. The van der Waals surface area contributed by atoms with Gasteiger partial charge < -0.3 is 19.9 Å². The first-order valence-corrected chi connectivity index (χ1v) is 10.6. The molecule has 1 unspecified atom stereocenters. The van der Waals surface area contributed by atoms with Crippen molar-refractivity contribution < 1.29 is 14.3 Å². The topological polar surface area (TPSA) is 65.1 Å². The number of carbonyl (C=O) groups is 2. The molecule has 0 aromatic heterocycles. The molecule has 0 bridgehead atoms. The van der Waals surface area contributed by atoms with Gasteiger partial charge in [-0.05, 0) is 37.5 Å². The highest BCUT2D eigenvalue weighted by Crippen LogP contribution is 2.39. The van der Waals surface area contributed by atoms with E-state index in [1.54, 1.807) is 11.0 Å². The monoisotopic (exact) mass is 398 g/mol. The van der Waals surface area contributed by atoms with Gasteiger partial charge in [0.05, 0.1) is 24.6 Å². The van der Waals surface area contributed by atoms with Gasteiger partial charge in [-0.15, -0.1) is 6.58 Å². The van der Waals surface area contributed by atoms with Crippen molar-refractivity contribution in [2.45, 2.75) is 25.3 Å². The minimum absolute atomic E-state index is 0.0931. The number of benzene rings is 1. The number of carbonyl (C=O) groups excluding carboxylic acids is 2. The Balaban J connectivity index is 1.49. The van der Waals surface area contributed by atoms with Crippen molar-refractivity contribution in [1.29, 1.82) is 0 Å². The third-order valence-corrected chi connectivity index (χ3v) is 6.02. The Kier molecular flexibility index (Phi) is 6.16. The molecule has 29 heavy (non-hydrogen) atoms. The summed E-state index contributed by atoms with van der Waals surface area (Å²) in [6.45, 7) is 9.88. The van der Waals surface area contributed by atoms with E-state index in [4.69, 9.17) is 4.74 Å². The number of piperidine rings is 1. The standard InChI is InChI=1S/C22H30N4O3/c1-2-9-26-20-16-17(21(27)23-8-11-24-12-14-29-15-13-24)6-7-18(20)25-10-4-3-5-19(25)22(26)28/h2,6-7,16,19H,1,3-5,8-15H2,(H,23,27). The fourth-order valence-corrected chi connectivity index (χ4v) is 4.47. The van der Waals surface area contributed by atoms with E-state index in [1.165, 1.54) is 0 Å². The first kappa shape index (κ1) is 19.9. The quantitative estimate of drug-likeness (QED) is 0.738. The summed E-state index contributed by atoms with van der Waals surface area (Å²) in [6, 6.07) is 5.62. The predicted molar refractivity (Wildman–Crippen MR) is 114 cm³/mol. The number of rotatable bonds is 6. The lowest BCUT2D eigenvalue weighted by molar-refractivity contribution is -0.120. The third kappa shape index (κ3) is 4.16. The van der Waals surface area contributed by atoms with E-state index in [-0.39, 0.29) is 17.9 Å². The van der Waals surface area contributed by atoms with Crippen LogP contribution in [-0.2, 0) is 9.53 Å². The Morgan fingerprint density at radius 3 is 2.83 bits per heavy atom. The molecule has 2 fully saturated rings. The second kappa shape index (κ2) is 8.97. The molecule has 1 aromatic carbocycles. The average Bonchev–Trinajstić information content (AvgIpc) is 2.77. The van der Waals surface area contributed by atoms with Crippen LogP contribution in [0.5, 0.6) is 0 Å². The maximum absolute atomic E-state index is 13.1. The molecular formula is C22H30N4O3. The van der Waals surface area contributed by atoms with Crippen molar-refractivity contribution in [1.82, 2.24) is 10.2 Å². The van der Waals surface area contributed by atoms with Crippen LogP contribution >= 0.6 is 0 Å². The molecular weight excluding hydrogens is 368 g/mol. The van der Waals surface area contributed by atoms with Crippen LogP contribution in [0.1, 0.15) is 29.6 Å². The average molecular weight is 399 g/mol. The molecule has 3 aliphatic heterocycles. The van der Waals surface area contributed by atoms with E-state index >= 15 is 0 Å². The van der Waals surface area contributed by atoms with Crippen LogP contribution in [0.4, 0.5) is 11.4 Å². The lowest BCUT2D eigenvalue weighted by atomic mass is 9.95. The van der Waals surface area contributed by atoms with E-state index < -0.39 is 0 Å².